The van der Waals surface area contributed by atoms with Crippen LogP contribution in [-0.2, 0) is 6.54 Å². The van der Waals surface area contributed by atoms with Crippen LogP contribution in [0.3, 0.4) is 0 Å². The quantitative estimate of drug-likeness (QED) is 0.729. The summed E-state index contributed by atoms with van der Waals surface area (Å²) in [4.78, 5) is 4.09. The summed E-state index contributed by atoms with van der Waals surface area (Å²) in [6.07, 6.45) is 5.20. The third kappa shape index (κ3) is 2.00. The predicted octanol–water partition coefficient (Wildman–Crippen LogP) is 1.05. The Hall–Kier alpha value is -1.18. The summed E-state index contributed by atoms with van der Waals surface area (Å²) in [5.74, 6) is 1.33. The molecule has 6 heteroatoms. The Balaban J connectivity index is 2.41. The average molecular weight is 301 g/mol. The molecule has 1 aliphatic rings. The lowest BCUT2D eigenvalue weighted by atomic mass is 10.5. The van der Waals surface area contributed by atoms with E-state index in [0.29, 0.717) is 5.82 Å². The molecule has 1 aromatic heterocycles. The first-order chi connectivity index (χ1) is 6.75. The first-order valence-corrected chi connectivity index (χ1v) is 5.05. The van der Waals surface area contributed by atoms with Gasteiger partial charge in [-0.1, -0.05) is 6.58 Å². The van der Waals surface area contributed by atoms with Crippen LogP contribution in [-0.4, -0.2) is 21.0 Å². The highest BCUT2D eigenvalue weighted by Crippen LogP contribution is 2.10. The van der Waals surface area contributed by atoms with Crippen molar-refractivity contribution < 1.29 is 0 Å². The Kier molecular flexibility index (Phi) is 2.62. The number of halogens is 1. The lowest BCUT2D eigenvalue weighted by Crippen LogP contribution is -2.02. The SMILES string of the molecule is C=C1/N=C\c2nncn2C/C(I)=C\N1. The molecule has 5 nitrogen and oxygen atoms in total. The number of allylic oxidation sites excluding steroid dienone is 1. The molecule has 1 N–H and O–H groups in total. The second kappa shape index (κ2) is 3.91. The topological polar surface area (TPSA) is 55.1 Å². The monoisotopic (exact) mass is 301 g/mol. The van der Waals surface area contributed by atoms with Crippen LogP contribution in [0.1, 0.15) is 5.82 Å². The summed E-state index contributed by atoms with van der Waals surface area (Å²) >= 11 is 2.25. The van der Waals surface area contributed by atoms with Crippen molar-refractivity contribution >= 4 is 28.8 Å². The van der Waals surface area contributed by atoms with Crippen molar-refractivity contribution in [3.63, 3.8) is 0 Å². The fraction of sp³-hybridized carbons (Fsp3) is 0.125. The van der Waals surface area contributed by atoms with Gasteiger partial charge in [0.1, 0.15) is 12.1 Å². The highest BCUT2D eigenvalue weighted by atomic mass is 127. The van der Waals surface area contributed by atoms with Gasteiger partial charge < -0.3 is 9.88 Å². The number of hydrogen-bond acceptors (Lipinski definition) is 4. The molecule has 2 rings (SSSR count). The molecule has 0 atom stereocenters. The van der Waals surface area contributed by atoms with Crippen molar-refractivity contribution in [3.05, 3.63) is 34.3 Å². The number of fused-ring (bicyclic) bond motifs is 1. The lowest BCUT2D eigenvalue weighted by molar-refractivity contribution is 0.803. The molecule has 0 unspecified atom stereocenters. The zero-order valence-corrected chi connectivity index (χ0v) is 9.47. The molecule has 0 fully saturated rings. The Morgan fingerprint density at radius 3 is 3.29 bits per heavy atom. The maximum atomic E-state index is 4.09. The molecule has 0 saturated carbocycles. The first kappa shape index (κ1) is 9.38. The molecule has 14 heavy (non-hydrogen) atoms. The Morgan fingerprint density at radius 1 is 1.57 bits per heavy atom. The van der Waals surface area contributed by atoms with E-state index in [1.807, 2.05) is 10.8 Å². The van der Waals surface area contributed by atoms with E-state index < -0.39 is 0 Å². The summed E-state index contributed by atoms with van der Waals surface area (Å²) in [6, 6.07) is 0. The Morgan fingerprint density at radius 2 is 2.43 bits per heavy atom. The third-order valence-corrected chi connectivity index (χ3v) is 2.35. The van der Waals surface area contributed by atoms with E-state index in [2.05, 4.69) is 49.7 Å². The van der Waals surface area contributed by atoms with E-state index >= 15 is 0 Å². The van der Waals surface area contributed by atoms with Gasteiger partial charge in [-0.2, -0.15) is 0 Å². The summed E-state index contributed by atoms with van der Waals surface area (Å²) in [6.45, 7) is 4.48. The average Bonchev–Trinajstić information content (AvgIpc) is 2.59. The molecule has 0 bridgehead atoms. The van der Waals surface area contributed by atoms with E-state index in [4.69, 9.17) is 0 Å². The first-order valence-electron chi connectivity index (χ1n) is 3.97. The molecule has 72 valence electrons. The van der Waals surface area contributed by atoms with Gasteiger partial charge in [0.15, 0.2) is 5.82 Å². The van der Waals surface area contributed by atoms with Gasteiger partial charge in [-0.25, -0.2) is 4.99 Å². The van der Waals surface area contributed by atoms with Crippen LogP contribution in [0.4, 0.5) is 0 Å². The number of nitrogens with zero attached hydrogens (tertiary/aromatic N) is 4. The molecule has 1 aromatic rings. The standard InChI is InChI=1S/C8H8IN5/c1-6-10-2-7(9)4-14-5-12-13-8(14)3-11-6/h2-3,5,10H,1,4H2/b7-2+,11-3-. The van der Waals surface area contributed by atoms with E-state index in [1.165, 1.54) is 0 Å². The normalized spacial score (nSPS) is 22.1. The molecular weight excluding hydrogens is 293 g/mol. The predicted molar refractivity (Wildman–Crippen MR) is 62.0 cm³/mol. The lowest BCUT2D eigenvalue weighted by Gasteiger charge is -2.01. The Bertz CT molecular complexity index is 417. The van der Waals surface area contributed by atoms with Crippen molar-refractivity contribution in [2.24, 2.45) is 4.99 Å². The number of nitrogens with one attached hydrogen (secondary N) is 1. The number of hydrogen-bond donors (Lipinski definition) is 1. The zero-order chi connectivity index (χ0) is 9.97. The van der Waals surface area contributed by atoms with Crippen LogP contribution < -0.4 is 5.32 Å². The maximum absolute atomic E-state index is 4.09. The minimum absolute atomic E-state index is 0.593. The molecular formula is C8H8IN5. The molecule has 2 heterocycles. The molecule has 0 aliphatic carbocycles. The smallest absolute Gasteiger partial charge is 0.175 e. The molecule has 0 spiro atoms. The van der Waals surface area contributed by atoms with Gasteiger partial charge in [0, 0.05) is 9.78 Å². The minimum Gasteiger partial charge on any atom is -0.346 e. The fourth-order valence-electron chi connectivity index (χ4n) is 1.03. The maximum Gasteiger partial charge on any atom is 0.175 e. The molecule has 0 radical (unpaired) electrons. The summed E-state index contributed by atoms with van der Waals surface area (Å²) in [5, 5.41) is 10.7. The van der Waals surface area contributed by atoms with Crippen molar-refractivity contribution in [1.82, 2.24) is 20.1 Å². The van der Waals surface area contributed by atoms with Gasteiger partial charge in [-0.15, -0.1) is 10.2 Å². The van der Waals surface area contributed by atoms with Gasteiger partial charge >= 0.3 is 0 Å². The van der Waals surface area contributed by atoms with Gasteiger partial charge in [0.2, 0.25) is 0 Å². The van der Waals surface area contributed by atoms with Gasteiger partial charge in [-0.05, 0) is 22.6 Å². The van der Waals surface area contributed by atoms with Crippen molar-refractivity contribution in [2.75, 3.05) is 0 Å². The van der Waals surface area contributed by atoms with Crippen LogP contribution in [0.2, 0.25) is 0 Å². The van der Waals surface area contributed by atoms with E-state index in [0.717, 1.165) is 15.9 Å². The highest BCUT2D eigenvalue weighted by Gasteiger charge is 2.04. The number of aromatic nitrogens is 3. The molecule has 0 amide bonds. The van der Waals surface area contributed by atoms with Crippen LogP contribution in [0, 0.1) is 0 Å². The number of rotatable bonds is 0. The summed E-state index contributed by atoms with van der Waals surface area (Å²) in [5.41, 5.74) is 0. The third-order valence-electron chi connectivity index (χ3n) is 1.70. The summed E-state index contributed by atoms with van der Waals surface area (Å²) in [7, 11) is 0. The van der Waals surface area contributed by atoms with E-state index in [9.17, 15) is 0 Å². The van der Waals surface area contributed by atoms with Gasteiger partial charge in [-0.3, -0.25) is 0 Å². The van der Waals surface area contributed by atoms with Crippen molar-refractivity contribution in [3.8, 4) is 0 Å². The minimum atomic E-state index is 0.593. The highest BCUT2D eigenvalue weighted by molar-refractivity contribution is 14.1. The van der Waals surface area contributed by atoms with Crippen molar-refractivity contribution in [2.45, 2.75) is 6.54 Å². The van der Waals surface area contributed by atoms with Gasteiger partial charge in [0.05, 0.1) is 12.8 Å². The molecule has 0 aromatic carbocycles. The zero-order valence-electron chi connectivity index (χ0n) is 7.31. The van der Waals surface area contributed by atoms with E-state index in [1.54, 1.807) is 12.5 Å². The summed E-state index contributed by atoms with van der Waals surface area (Å²) < 4.78 is 3.05. The fourth-order valence-corrected chi connectivity index (χ4v) is 1.55. The largest absolute Gasteiger partial charge is 0.346 e. The van der Waals surface area contributed by atoms with Crippen LogP contribution in [0.15, 0.2) is 33.5 Å². The van der Waals surface area contributed by atoms with Crippen molar-refractivity contribution in [1.29, 1.82) is 0 Å². The second-order valence-electron chi connectivity index (χ2n) is 2.76. The Labute approximate surface area is 94.8 Å². The van der Waals surface area contributed by atoms with Crippen LogP contribution in [0.5, 0.6) is 0 Å². The molecule has 1 aliphatic heterocycles. The van der Waals surface area contributed by atoms with Gasteiger partial charge in [0.25, 0.3) is 0 Å². The van der Waals surface area contributed by atoms with E-state index in [-0.39, 0.29) is 0 Å². The molecule has 0 saturated heterocycles. The van der Waals surface area contributed by atoms with Crippen LogP contribution >= 0.6 is 22.6 Å². The second-order valence-corrected chi connectivity index (χ2v) is 4.14. The van der Waals surface area contributed by atoms with Crippen LogP contribution in [0.25, 0.3) is 0 Å². The number of aliphatic imine (C=N–C) groups is 1.